The molecule has 0 amide bonds. The van der Waals surface area contributed by atoms with E-state index in [9.17, 15) is 13.2 Å². The third-order valence-electron chi connectivity index (χ3n) is 3.08. The van der Waals surface area contributed by atoms with Gasteiger partial charge in [0.15, 0.2) is 5.01 Å². The van der Waals surface area contributed by atoms with Gasteiger partial charge in [-0.1, -0.05) is 23.8 Å². The van der Waals surface area contributed by atoms with Crippen LogP contribution in [0.25, 0.3) is 0 Å². The third kappa shape index (κ3) is 3.02. The summed E-state index contributed by atoms with van der Waals surface area (Å²) in [5, 5.41) is 2.25. The number of nitrogens with zero attached hydrogens (tertiary/aromatic N) is 1. The first kappa shape index (κ1) is 15.0. The van der Waals surface area contributed by atoms with E-state index in [0.29, 0.717) is 16.2 Å². The first-order valence-electron chi connectivity index (χ1n) is 6.10. The van der Waals surface area contributed by atoms with Crippen molar-refractivity contribution in [2.75, 3.05) is 7.05 Å². The third-order valence-corrected chi connectivity index (χ3v) is 4.18. The Morgan fingerprint density at radius 2 is 1.95 bits per heavy atom. The average Bonchev–Trinajstić information content (AvgIpc) is 2.82. The molecule has 0 saturated carbocycles. The normalized spacial score (nSPS) is 13.5. The predicted octanol–water partition coefficient (Wildman–Crippen LogP) is 4.09. The van der Waals surface area contributed by atoms with Crippen LogP contribution in [0.1, 0.15) is 32.6 Å². The standard InChI is InChI=1S/C14H15F3N2S/c1-8-4-5-10(9(2)6-8)12(18-3)11-7-19-13(20-11)14(15,16)17/h4-7,12,18H,1-3H3. The number of thiazole rings is 1. The maximum absolute atomic E-state index is 12.6. The van der Waals surface area contributed by atoms with Crippen molar-refractivity contribution in [3.63, 3.8) is 0 Å². The fourth-order valence-corrected chi connectivity index (χ4v) is 3.06. The molecule has 108 valence electrons. The van der Waals surface area contributed by atoms with Crippen LogP contribution < -0.4 is 5.32 Å². The lowest BCUT2D eigenvalue weighted by atomic mass is 9.98. The quantitative estimate of drug-likeness (QED) is 0.923. The van der Waals surface area contributed by atoms with Gasteiger partial charge in [-0.25, -0.2) is 4.98 Å². The second-order valence-corrected chi connectivity index (χ2v) is 5.71. The summed E-state index contributed by atoms with van der Waals surface area (Å²) in [5.74, 6) is 0. The zero-order valence-electron chi connectivity index (χ0n) is 11.4. The average molecular weight is 300 g/mol. The number of benzene rings is 1. The molecule has 0 aliphatic carbocycles. The molecule has 6 heteroatoms. The molecule has 0 aliphatic heterocycles. The molecule has 2 rings (SSSR count). The lowest BCUT2D eigenvalue weighted by Gasteiger charge is -2.17. The monoisotopic (exact) mass is 300 g/mol. The van der Waals surface area contributed by atoms with Gasteiger partial charge >= 0.3 is 6.18 Å². The van der Waals surface area contributed by atoms with Crippen LogP contribution in [-0.4, -0.2) is 12.0 Å². The highest BCUT2D eigenvalue weighted by molar-refractivity contribution is 7.11. The zero-order valence-corrected chi connectivity index (χ0v) is 12.2. The first-order chi connectivity index (χ1) is 9.32. The molecule has 2 aromatic rings. The molecule has 1 aromatic heterocycles. The Hall–Kier alpha value is -1.40. The number of hydrogen-bond donors (Lipinski definition) is 1. The van der Waals surface area contributed by atoms with Crippen LogP contribution in [0.15, 0.2) is 24.4 Å². The Morgan fingerprint density at radius 1 is 1.25 bits per heavy atom. The van der Waals surface area contributed by atoms with Gasteiger partial charge in [-0.3, -0.25) is 0 Å². The van der Waals surface area contributed by atoms with E-state index in [1.165, 1.54) is 6.20 Å². The van der Waals surface area contributed by atoms with Crippen LogP contribution in [0.2, 0.25) is 0 Å². The minimum atomic E-state index is -4.39. The Labute approximate surface area is 119 Å². The van der Waals surface area contributed by atoms with Crippen molar-refractivity contribution in [1.29, 1.82) is 0 Å². The van der Waals surface area contributed by atoms with E-state index < -0.39 is 11.2 Å². The maximum Gasteiger partial charge on any atom is 0.443 e. The topological polar surface area (TPSA) is 24.9 Å². The van der Waals surface area contributed by atoms with Crippen LogP contribution in [0, 0.1) is 13.8 Å². The highest BCUT2D eigenvalue weighted by atomic mass is 32.1. The second-order valence-electron chi connectivity index (χ2n) is 4.65. The number of alkyl halides is 3. The van der Waals surface area contributed by atoms with Crippen LogP contribution in [0.4, 0.5) is 13.2 Å². The number of aromatic nitrogens is 1. The van der Waals surface area contributed by atoms with Crippen LogP contribution in [0.3, 0.4) is 0 Å². The van der Waals surface area contributed by atoms with Crippen molar-refractivity contribution in [3.8, 4) is 0 Å². The minimum Gasteiger partial charge on any atom is -0.309 e. The highest BCUT2D eigenvalue weighted by Gasteiger charge is 2.35. The summed E-state index contributed by atoms with van der Waals surface area (Å²) < 4.78 is 37.9. The Balaban J connectivity index is 2.40. The molecule has 2 nitrogen and oxygen atoms in total. The van der Waals surface area contributed by atoms with Crippen LogP contribution in [0.5, 0.6) is 0 Å². The SMILES string of the molecule is CNC(c1cnc(C(F)(F)F)s1)c1ccc(C)cc1C. The number of halogens is 3. The largest absolute Gasteiger partial charge is 0.443 e. The molecule has 1 aromatic carbocycles. The van der Waals surface area contributed by atoms with Crippen molar-refractivity contribution in [2.45, 2.75) is 26.1 Å². The molecule has 0 radical (unpaired) electrons. The van der Waals surface area contributed by atoms with Gasteiger partial charge in [0.25, 0.3) is 0 Å². The molecule has 0 bridgehead atoms. The Kier molecular flexibility index (Phi) is 4.15. The van der Waals surface area contributed by atoms with Crippen molar-refractivity contribution in [2.24, 2.45) is 0 Å². The molecular formula is C14H15F3N2S. The molecule has 1 atom stereocenters. The minimum absolute atomic E-state index is 0.274. The van der Waals surface area contributed by atoms with Crippen molar-refractivity contribution in [1.82, 2.24) is 10.3 Å². The second kappa shape index (κ2) is 5.54. The van der Waals surface area contributed by atoms with Gasteiger partial charge in [0.2, 0.25) is 0 Å². The summed E-state index contributed by atoms with van der Waals surface area (Å²) in [6.45, 7) is 3.94. The first-order valence-corrected chi connectivity index (χ1v) is 6.92. The van der Waals surface area contributed by atoms with Crippen molar-refractivity contribution >= 4 is 11.3 Å². The maximum atomic E-state index is 12.6. The van der Waals surface area contributed by atoms with Gasteiger partial charge in [0.05, 0.1) is 6.04 Å². The van der Waals surface area contributed by atoms with Gasteiger partial charge in [-0.05, 0) is 32.0 Å². The Morgan fingerprint density at radius 3 is 2.45 bits per heavy atom. The van der Waals surface area contributed by atoms with Gasteiger partial charge in [0, 0.05) is 11.1 Å². The van der Waals surface area contributed by atoms with E-state index in [4.69, 9.17) is 0 Å². The van der Waals surface area contributed by atoms with Crippen LogP contribution in [-0.2, 0) is 6.18 Å². The number of nitrogens with one attached hydrogen (secondary N) is 1. The molecule has 1 N–H and O–H groups in total. The summed E-state index contributed by atoms with van der Waals surface area (Å²) in [7, 11) is 1.73. The van der Waals surface area contributed by atoms with E-state index in [-0.39, 0.29) is 6.04 Å². The van der Waals surface area contributed by atoms with Gasteiger partial charge in [-0.2, -0.15) is 13.2 Å². The summed E-state index contributed by atoms with van der Waals surface area (Å²) in [4.78, 5) is 4.04. The lowest BCUT2D eigenvalue weighted by Crippen LogP contribution is -2.17. The van der Waals surface area contributed by atoms with Crippen molar-refractivity contribution in [3.05, 3.63) is 51.0 Å². The fourth-order valence-electron chi connectivity index (χ4n) is 2.15. The number of aryl methyl sites for hydroxylation is 2. The Bertz CT molecular complexity index is 605. The van der Waals surface area contributed by atoms with E-state index in [1.54, 1.807) is 7.05 Å². The summed E-state index contributed by atoms with van der Waals surface area (Å²) in [5.41, 5.74) is 3.14. The van der Waals surface area contributed by atoms with E-state index in [1.807, 2.05) is 32.0 Å². The molecule has 20 heavy (non-hydrogen) atoms. The van der Waals surface area contributed by atoms with Crippen molar-refractivity contribution < 1.29 is 13.2 Å². The lowest BCUT2D eigenvalue weighted by molar-refractivity contribution is -0.137. The molecule has 0 fully saturated rings. The highest BCUT2D eigenvalue weighted by Crippen LogP contribution is 2.36. The number of rotatable bonds is 3. The number of hydrogen-bond acceptors (Lipinski definition) is 3. The zero-order chi connectivity index (χ0) is 14.9. The molecule has 0 saturated heterocycles. The molecular weight excluding hydrogens is 285 g/mol. The van der Waals surface area contributed by atoms with E-state index in [2.05, 4.69) is 10.3 Å². The fraction of sp³-hybridized carbons (Fsp3) is 0.357. The molecule has 0 spiro atoms. The van der Waals surface area contributed by atoms with E-state index >= 15 is 0 Å². The summed E-state index contributed by atoms with van der Waals surface area (Å²) >= 11 is 0.682. The van der Waals surface area contributed by atoms with Crippen LogP contribution >= 0.6 is 11.3 Å². The summed E-state index contributed by atoms with van der Waals surface area (Å²) in [6, 6.07) is 5.65. The van der Waals surface area contributed by atoms with Gasteiger partial charge in [0.1, 0.15) is 0 Å². The van der Waals surface area contributed by atoms with Gasteiger partial charge < -0.3 is 5.32 Å². The smallest absolute Gasteiger partial charge is 0.309 e. The molecule has 0 aliphatic rings. The van der Waals surface area contributed by atoms with Gasteiger partial charge in [-0.15, -0.1) is 11.3 Å². The summed E-state index contributed by atoms with van der Waals surface area (Å²) in [6.07, 6.45) is -3.09. The van der Waals surface area contributed by atoms with E-state index in [0.717, 1.165) is 16.7 Å². The predicted molar refractivity (Wildman–Crippen MR) is 73.9 cm³/mol. The molecule has 1 unspecified atom stereocenters. The molecule has 1 heterocycles.